The Bertz CT molecular complexity index is 631. The number of aliphatic hydroxyl groups excluding tert-OH is 1. The Balaban J connectivity index is 2.02. The second kappa shape index (κ2) is 8.50. The van der Waals surface area contributed by atoms with Crippen molar-refractivity contribution in [2.75, 3.05) is 13.2 Å². The fraction of sp³-hybridized carbons (Fsp3) is 0.235. The zero-order valence-corrected chi connectivity index (χ0v) is 13.1. The summed E-state index contributed by atoms with van der Waals surface area (Å²) in [5.41, 5.74) is -0.211. The third kappa shape index (κ3) is 4.94. The lowest BCUT2D eigenvalue weighted by molar-refractivity contribution is 0.0907. The zero-order chi connectivity index (χ0) is 16.7. The molecule has 2 aromatic rings. The molecule has 122 valence electrons. The summed E-state index contributed by atoms with van der Waals surface area (Å²) in [6.45, 7) is 0.0243. The number of carbonyl (C=O) groups is 1. The Morgan fingerprint density at radius 1 is 1.22 bits per heavy atom. The summed E-state index contributed by atoms with van der Waals surface area (Å²) in [6, 6.07) is 12.7. The monoisotopic (exact) mass is 337 g/mol. The summed E-state index contributed by atoms with van der Waals surface area (Å²) in [6.07, 6.45) is 0.282. The molecule has 4 nitrogen and oxygen atoms in total. The van der Waals surface area contributed by atoms with Gasteiger partial charge in [0.2, 0.25) is 0 Å². The Morgan fingerprint density at radius 3 is 2.61 bits per heavy atom. The highest BCUT2D eigenvalue weighted by Crippen LogP contribution is 2.19. The van der Waals surface area contributed by atoms with E-state index in [-0.39, 0.29) is 30.2 Å². The molecular formula is C17H17ClFNO3. The molecule has 1 atom stereocenters. The van der Waals surface area contributed by atoms with Crippen LogP contribution in [-0.4, -0.2) is 30.3 Å². The van der Waals surface area contributed by atoms with E-state index in [0.29, 0.717) is 5.75 Å². The molecule has 23 heavy (non-hydrogen) atoms. The van der Waals surface area contributed by atoms with Gasteiger partial charge in [0.05, 0.1) is 16.6 Å². The number of hydrogen-bond donors (Lipinski definition) is 2. The number of amides is 1. The van der Waals surface area contributed by atoms with Crippen LogP contribution in [0, 0.1) is 5.82 Å². The number of halogens is 2. The first-order chi connectivity index (χ1) is 11.1. The van der Waals surface area contributed by atoms with E-state index in [1.54, 1.807) is 12.1 Å². The van der Waals surface area contributed by atoms with Gasteiger partial charge in [0, 0.05) is 6.61 Å². The van der Waals surface area contributed by atoms with E-state index in [2.05, 4.69) is 5.32 Å². The van der Waals surface area contributed by atoms with Crippen LogP contribution in [0.4, 0.5) is 4.39 Å². The van der Waals surface area contributed by atoms with Gasteiger partial charge in [-0.2, -0.15) is 0 Å². The van der Waals surface area contributed by atoms with E-state index >= 15 is 0 Å². The molecule has 0 aliphatic rings. The van der Waals surface area contributed by atoms with Crippen LogP contribution in [0.1, 0.15) is 16.8 Å². The van der Waals surface area contributed by atoms with E-state index in [0.717, 1.165) is 0 Å². The van der Waals surface area contributed by atoms with Gasteiger partial charge in [0.25, 0.3) is 5.91 Å². The lowest BCUT2D eigenvalue weighted by Crippen LogP contribution is -2.40. The second-order valence-corrected chi connectivity index (χ2v) is 5.31. The summed E-state index contributed by atoms with van der Waals surface area (Å²) in [5, 5.41) is 11.8. The van der Waals surface area contributed by atoms with Crippen LogP contribution in [0.3, 0.4) is 0 Å². The molecule has 0 aliphatic heterocycles. The van der Waals surface area contributed by atoms with Crippen molar-refractivity contribution < 1.29 is 19.0 Å². The normalized spacial score (nSPS) is 11.8. The van der Waals surface area contributed by atoms with Crippen molar-refractivity contribution in [1.29, 1.82) is 0 Å². The number of carbonyl (C=O) groups excluding carboxylic acids is 1. The first-order valence-corrected chi connectivity index (χ1v) is 7.53. The summed E-state index contributed by atoms with van der Waals surface area (Å²) >= 11 is 5.88. The van der Waals surface area contributed by atoms with Crippen LogP contribution in [0.15, 0.2) is 48.5 Å². The fourth-order valence-corrected chi connectivity index (χ4v) is 2.29. The van der Waals surface area contributed by atoms with Crippen LogP contribution in [0.2, 0.25) is 5.02 Å². The fourth-order valence-electron chi connectivity index (χ4n) is 2.04. The molecule has 2 N–H and O–H groups in total. The maximum Gasteiger partial charge on any atom is 0.256 e. The van der Waals surface area contributed by atoms with Gasteiger partial charge in [-0.05, 0) is 30.7 Å². The molecule has 1 unspecified atom stereocenters. The Labute approximate surface area is 138 Å². The highest BCUT2D eigenvalue weighted by molar-refractivity contribution is 6.33. The number of para-hydroxylation sites is 1. The van der Waals surface area contributed by atoms with Gasteiger partial charge in [-0.1, -0.05) is 35.9 Å². The molecule has 2 aromatic carbocycles. The zero-order valence-electron chi connectivity index (χ0n) is 12.3. The SMILES string of the molecule is O=C(NC(CCO)COc1ccccc1)c1c(F)cccc1Cl. The molecule has 6 heteroatoms. The van der Waals surface area contributed by atoms with Gasteiger partial charge in [0.1, 0.15) is 18.2 Å². The van der Waals surface area contributed by atoms with Gasteiger partial charge in [-0.25, -0.2) is 4.39 Å². The maximum absolute atomic E-state index is 13.8. The average molecular weight is 338 g/mol. The molecule has 1 amide bonds. The second-order valence-electron chi connectivity index (χ2n) is 4.90. The summed E-state index contributed by atoms with van der Waals surface area (Å²) in [5.74, 6) is -0.682. The van der Waals surface area contributed by atoms with Crippen molar-refractivity contribution in [3.8, 4) is 5.75 Å². The predicted octanol–water partition coefficient (Wildman–Crippen LogP) is 3.04. The molecule has 0 aliphatic carbocycles. The summed E-state index contributed by atoms with van der Waals surface area (Å²) < 4.78 is 19.3. The molecule has 0 radical (unpaired) electrons. The van der Waals surface area contributed by atoms with Crippen molar-refractivity contribution in [2.24, 2.45) is 0 Å². The number of aliphatic hydroxyl groups is 1. The smallest absolute Gasteiger partial charge is 0.256 e. The lowest BCUT2D eigenvalue weighted by atomic mass is 10.1. The molecule has 0 saturated carbocycles. The number of nitrogens with one attached hydrogen (secondary N) is 1. The van der Waals surface area contributed by atoms with E-state index in [1.807, 2.05) is 18.2 Å². The van der Waals surface area contributed by atoms with Gasteiger partial charge in [0.15, 0.2) is 0 Å². The highest BCUT2D eigenvalue weighted by Gasteiger charge is 2.19. The Morgan fingerprint density at radius 2 is 1.96 bits per heavy atom. The number of hydrogen-bond acceptors (Lipinski definition) is 3. The molecule has 0 spiro atoms. The molecule has 0 saturated heterocycles. The van der Waals surface area contributed by atoms with Gasteiger partial charge in [-0.15, -0.1) is 0 Å². The minimum atomic E-state index is -0.693. The summed E-state index contributed by atoms with van der Waals surface area (Å²) in [4.78, 5) is 12.2. The number of benzene rings is 2. The van der Waals surface area contributed by atoms with Crippen LogP contribution in [-0.2, 0) is 0 Å². The predicted molar refractivity (Wildman–Crippen MR) is 86.3 cm³/mol. The first kappa shape index (κ1) is 17.2. The molecule has 2 rings (SSSR count). The molecule has 0 bridgehead atoms. The van der Waals surface area contributed by atoms with E-state index in [4.69, 9.17) is 21.4 Å². The third-order valence-corrected chi connectivity index (χ3v) is 3.51. The van der Waals surface area contributed by atoms with Crippen molar-refractivity contribution in [3.63, 3.8) is 0 Å². The van der Waals surface area contributed by atoms with Crippen LogP contribution in [0.25, 0.3) is 0 Å². The van der Waals surface area contributed by atoms with Gasteiger partial charge >= 0.3 is 0 Å². The molecule has 0 heterocycles. The molecule has 0 aromatic heterocycles. The average Bonchev–Trinajstić information content (AvgIpc) is 2.53. The third-order valence-electron chi connectivity index (χ3n) is 3.20. The minimum absolute atomic E-state index is 0.0363. The topological polar surface area (TPSA) is 58.6 Å². The Kier molecular flexibility index (Phi) is 6.38. The van der Waals surface area contributed by atoms with Crippen molar-refractivity contribution in [3.05, 3.63) is 64.9 Å². The van der Waals surface area contributed by atoms with Crippen molar-refractivity contribution in [2.45, 2.75) is 12.5 Å². The largest absolute Gasteiger partial charge is 0.491 e. The lowest BCUT2D eigenvalue weighted by Gasteiger charge is -2.19. The van der Waals surface area contributed by atoms with Gasteiger partial charge < -0.3 is 15.2 Å². The van der Waals surface area contributed by atoms with Crippen LogP contribution < -0.4 is 10.1 Å². The molecule has 0 fully saturated rings. The minimum Gasteiger partial charge on any atom is -0.491 e. The first-order valence-electron chi connectivity index (χ1n) is 7.15. The Hall–Kier alpha value is -2.11. The van der Waals surface area contributed by atoms with E-state index in [1.165, 1.54) is 18.2 Å². The van der Waals surface area contributed by atoms with Crippen molar-refractivity contribution in [1.82, 2.24) is 5.32 Å². The number of rotatable bonds is 7. The van der Waals surface area contributed by atoms with E-state index in [9.17, 15) is 9.18 Å². The van der Waals surface area contributed by atoms with Crippen molar-refractivity contribution >= 4 is 17.5 Å². The van der Waals surface area contributed by atoms with Gasteiger partial charge in [-0.3, -0.25) is 4.79 Å². The highest BCUT2D eigenvalue weighted by atomic mass is 35.5. The maximum atomic E-state index is 13.8. The quantitative estimate of drug-likeness (QED) is 0.816. The number of ether oxygens (including phenoxy) is 1. The standard InChI is InChI=1S/C17H17ClFNO3/c18-14-7-4-8-15(19)16(14)17(22)20-12(9-10-21)11-23-13-5-2-1-3-6-13/h1-8,12,21H,9-11H2,(H,20,22). The van der Waals surface area contributed by atoms with E-state index < -0.39 is 17.8 Å². The molecular weight excluding hydrogens is 321 g/mol. The summed E-state index contributed by atoms with van der Waals surface area (Å²) in [7, 11) is 0. The van der Waals surface area contributed by atoms with Crippen LogP contribution in [0.5, 0.6) is 5.75 Å². The van der Waals surface area contributed by atoms with Crippen LogP contribution >= 0.6 is 11.6 Å².